The van der Waals surface area contributed by atoms with Crippen molar-refractivity contribution < 1.29 is 19.4 Å². The Morgan fingerprint density at radius 2 is 1.58 bits per heavy atom. The van der Waals surface area contributed by atoms with Crippen LogP contribution in [0.4, 0.5) is 0 Å². The number of ether oxygens (including phenoxy) is 2. The molecule has 5 rings (SSSR count). The predicted octanol–water partition coefficient (Wildman–Crippen LogP) is 6.95. The van der Waals surface area contributed by atoms with Crippen LogP contribution in [0, 0.1) is 50.2 Å². The number of hydrogen-bond acceptors (Lipinski definition) is 4. The van der Waals surface area contributed by atoms with Gasteiger partial charge in [0.1, 0.15) is 0 Å². The van der Waals surface area contributed by atoms with E-state index in [1.807, 2.05) is 0 Å². The average molecular weight is 501 g/mol. The molecule has 4 heteroatoms. The molecule has 4 fully saturated rings. The molecule has 4 saturated carbocycles. The standard InChI is InChI=1S/C32H52O4/c1-27(2)14-16-32(26(34)36-9)17-15-30(6)20(21(32)18-27)10-11-24-29(5)19-22(35-8)25(33)28(3,4)23(29)12-13-31(24,30)7/h10,21-25,33H,11-19H2,1-9H3/t21-,22+,23-,24+,25-,29-,30+,31+,32-/m0/s1. The molecule has 0 amide bonds. The molecule has 204 valence electrons. The van der Waals surface area contributed by atoms with Gasteiger partial charge in [0.05, 0.1) is 24.7 Å². The van der Waals surface area contributed by atoms with E-state index in [9.17, 15) is 9.90 Å². The van der Waals surface area contributed by atoms with Gasteiger partial charge in [0.2, 0.25) is 0 Å². The Kier molecular flexibility index (Phi) is 5.99. The summed E-state index contributed by atoms with van der Waals surface area (Å²) < 4.78 is 11.4. The maximum Gasteiger partial charge on any atom is 0.312 e. The fourth-order valence-corrected chi connectivity index (χ4v) is 11.1. The molecule has 0 saturated heterocycles. The van der Waals surface area contributed by atoms with Crippen molar-refractivity contribution in [2.24, 2.45) is 50.2 Å². The molecule has 0 bridgehead atoms. The minimum Gasteiger partial charge on any atom is -0.469 e. The van der Waals surface area contributed by atoms with Crippen LogP contribution in [0.15, 0.2) is 11.6 Å². The van der Waals surface area contributed by atoms with Crippen molar-refractivity contribution in [3.05, 3.63) is 11.6 Å². The summed E-state index contributed by atoms with van der Waals surface area (Å²) >= 11 is 0. The van der Waals surface area contributed by atoms with Gasteiger partial charge in [-0.2, -0.15) is 0 Å². The lowest BCUT2D eigenvalue weighted by molar-refractivity contribution is -0.236. The molecule has 5 aliphatic carbocycles. The second-order valence-corrected chi connectivity index (χ2v) is 15.6. The minimum absolute atomic E-state index is 0.0276. The summed E-state index contributed by atoms with van der Waals surface area (Å²) in [6.07, 6.45) is 11.6. The van der Waals surface area contributed by atoms with Crippen LogP contribution in [0.25, 0.3) is 0 Å². The summed E-state index contributed by atoms with van der Waals surface area (Å²) in [5.74, 6) is 1.34. The first-order chi connectivity index (χ1) is 16.6. The van der Waals surface area contributed by atoms with E-state index in [0.717, 1.165) is 51.4 Å². The molecule has 0 heterocycles. The van der Waals surface area contributed by atoms with E-state index in [-0.39, 0.29) is 50.5 Å². The van der Waals surface area contributed by atoms with Gasteiger partial charge in [-0.05, 0) is 103 Å². The van der Waals surface area contributed by atoms with E-state index in [4.69, 9.17) is 9.47 Å². The SMILES string of the molecule is COC(=O)[C@]12CCC(C)(C)C[C@H]1C1=CC[C@@H]3[C@@]4(C)C[C@@H](OC)[C@H](O)C(C)(C)[C@@H]4CC[C@@]3(C)[C@]1(C)CC2. The average Bonchev–Trinajstić information content (AvgIpc) is 2.81. The largest absolute Gasteiger partial charge is 0.469 e. The maximum atomic E-state index is 13.4. The maximum absolute atomic E-state index is 13.4. The highest BCUT2D eigenvalue weighted by molar-refractivity contribution is 5.78. The molecule has 0 aliphatic heterocycles. The number of allylic oxidation sites excluding steroid dienone is 2. The van der Waals surface area contributed by atoms with Crippen LogP contribution in [0.2, 0.25) is 0 Å². The zero-order valence-electron chi connectivity index (χ0n) is 24.5. The van der Waals surface area contributed by atoms with Gasteiger partial charge in [0.25, 0.3) is 0 Å². The highest BCUT2D eigenvalue weighted by Crippen LogP contribution is 2.75. The Balaban J connectivity index is 1.60. The highest BCUT2D eigenvalue weighted by atomic mass is 16.5. The number of rotatable bonds is 2. The fourth-order valence-electron chi connectivity index (χ4n) is 11.1. The van der Waals surface area contributed by atoms with Crippen LogP contribution in [0.3, 0.4) is 0 Å². The monoisotopic (exact) mass is 500 g/mol. The van der Waals surface area contributed by atoms with Crippen molar-refractivity contribution >= 4 is 5.97 Å². The van der Waals surface area contributed by atoms with E-state index in [1.165, 1.54) is 6.42 Å². The fraction of sp³-hybridized carbons (Fsp3) is 0.906. The molecule has 0 unspecified atom stereocenters. The summed E-state index contributed by atoms with van der Waals surface area (Å²) in [5, 5.41) is 11.2. The number of hydrogen-bond donors (Lipinski definition) is 1. The number of aliphatic hydroxyl groups excluding tert-OH is 1. The lowest BCUT2D eigenvalue weighted by Gasteiger charge is -2.71. The molecule has 36 heavy (non-hydrogen) atoms. The molecule has 0 aromatic heterocycles. The minimum atomic E-state index is -0.421. The quantitative estimate of drug-likeness (QED) is 0.329. The molecule has 4 nitrogen and oxygen atoms in total. The Morgan fingerprint density at radius 1 is 0.917 bits per heavy atom. The second kappa shape index (κ2) is 8.07. The van der Waals surface area contributed by atoms with Gasteiger partial charge in [-0.3, -0.25) is 4.79 Å². The third kappa shape index (κ3) is 3.22. The third-order valence-electron chi connectivity index (χ3n) is 13.5. The lowest BCUT2D eigenvalue weighted by Crippen LogP contribution is -2.67. The molecule has 1 N–H and O–H groups in total. The van der Waals surface area contributed by atoms with Gasteiger partial charge in [-0.15, -0.1) is 0 Å². The number of aliphatic hydroxyl groups is 1. The Morgan fingerprint density at radius 3 is 2.22 bits per heavy atom. The molecular formula is C32H52O4. The van der Waals surface area contributed by atoms with Gasteiger partial charge in [0, 0.05) is 7.11 Å². The van der Waals surface area contributed by atoms with Crippen LogP contribution in [0.5, 0.6) is 0 Å². The molecule has 5 aliphatic rings. The first kappa shape index (κ1) is 26.7. The Labute approximate surface area is 220 Å². The normalized spacial score (nSPS) is 51.1. The topological polar surface area (TPSA) is 55.8 Å². The number of carbonyl (C=O) groups is 1. The molecule has 9 atom stereocenters. The van der Waals surface area contributed by atoms with Crippen LogP contribution in [-0.4, -0.2) is 37.5 Å². The number of fused-ring (bicyclic) bond motifs is 7. The van der Waals surface area contributed by atoms with Crippen LogP contribution >= 0.6 is 0 Å². The molecule has 0 radical (unpaired) electrons. The zero-order chi connectivity index (χ0) is 26.5. The summed E-state index contributed by atoms with van der Waals surface area (Å²) in [5.41, 5.74) is 1.68. The summed E-state index contributed by atoms with van der Waals surface area (Å²) in [6, 6.07) is 0. The smallest absolute Gasteiger partial charge is 0.312 e. The van der Waals surface area contributed by atoms with Crippen molar-refractivity contribution in [1.29, 1.82) is 0 Å². The van der Waals surface area contributed by atoms with Crippen molar-refractivity contribution in [1.82, 2.24) is 0 Å². The van der Waals surface area contributed by atoms with E-state index in [2.05, 4.69) is 54.5 Å². The van der Waals surface area contributed by atoms with Crippen LogP contribution in [-0.2, 0) is 14.3 Å². The number of carbonyl (C=O) groups excluding carboxylic acids is 1. The molecular weight excluding hydrogens is 448 g/mol. The van der Waals surface area contributed by atoms with E-state index in [0.29, 0.717) is 11.8 Å². The summed E-state index contributed by atoms with van der Waals surface area (Å²) in [4.78, 5) is 13.4. The molecule has 0 spiro atoms. The van der Waals surface area contributed by atoms with E-state index < -0.39 is 6.10 Å². The Bertz CT molecular complexity index is 950. The lowest BCUT2D eigenvalue weighted by atomic mass is 9.33. The van der Waals surface area contributed by atoms with E-state index in [1.54, 1.807) is 19.8 Å². The second-order valence-electron chi connectivity index (χ2n) is 15.6. The number of esters is 1. The summed E-state index contributed by atoms with van der Waals surface area (Å²) in [6.45, 7) is 17.0. The van der Waals surface area contributed by atoms with Crippen LogP contribution < -0.4 is 0 Å². The van der Waals surface area contributed by atoms with Crippen molar-refractivity contribution in [3.8, 4) is 0 Å². The molecule has 0 aromatic rings. The molecule has 0 aromatic carbocycles. The first-order valence-corrected chi connectivity index (χ1v) is 14.6. The summed E-state index contributed by atoms with van der Waals surface area (Å²) in [7, 11) is 3.36. The van der Waals surface area contributed by atoms with Crippen molar-refractivity contribution in [3.63, 3.8) is 0 Å². The predicted molar refractivity (Wildman–Crippen MR) is 143 cm³/mol. The van der Waals surface area contributed by atoms with Gasteiger partial charge in [-0.25, -0.2) is 0 Å². The highest BCUT2D eigenvalue weighted by Gasteiger charge is 2.70. The van der Waals surface area contributed by atoms with Crippen molar-refractivity contribution in [2.45, 2.75) is 118 Å². The van der Waals surface area contributed by atoms with Gasteiger partial charge in [-0.1, -0.05) is 60.1 Å². The first-order valence-electron chi connectivity index (χ1n) is 14.6. The number of methoxy groups -OCH3 is 2. The van der Waals surface area contributed by atoms with Crippen molar-refractivity contribution in [2.75, 3.05) is 14.2 Å². The van der Waals surface area contributed by atoms with Gasteiger partial charge in [0.15, 0.2) is 0 Å². The van der Waals surface area contributed by atoms with Crippen LogP contribution in [0.1, 0.15) is 106 Å². The van der Waals surface area contributed by atoms with Gasteiger partial charge >= 0.3 is 5.97 Å². The zero-order valence-corrected chi connectivity index (χ0v) is 24.5. The van der Waals surface area contributed by atoms with Gasteiger partial charge < -0.3 is 14.6 Å². The Hall–Kier alpha value is -0.870. The van der Waals surface area contributed by atoms with E-state index >= 15 is 0 Å². The third-order valence-corrected chi connectivity index (χ3v) is 13.5.